The minimum absolute atomic E-state index is 0.263. The average molecular weight is 473 g/mol. The van der Waals surface area contributed by atoms with Crippen molar-refractivity contribution in [3.8, 4) is 0 Å². The molecule has 7 heteroatoms. The van der Waals surface area contributed by atoms with Crippen molar-refractivity contribution in [3.05, 3.63) is 95.8 Å². The molecular formula is C28H29FN4O2. The van der Waals surface area contributed by atoms with Crippen molar-refractivity contribution in [3.63, 3.8) is 0 Å². The summed E-state index contributed by atoms with van der Waals surface area (Å²) in [6, 6.07) is 23.3. The number of hydrogen-bond donors (Lipinski definition) is 1. The molecule has 0 bridgehead atoms. The van der Waals surface area contributed by atoms with Crippen LogP contribution in [-0.4, -0.2) is 34.8 Å². The van der Waals surface area contributed by atoms with E-state index in [0.29, 0.717) is 29.0 Å². The maximum Gasteiger partial charge on any atom is 0.254 e. The van der Waals surface area contributed by atoms with Gasteiger partial charge in [0.15, 0.2) is 0 Å². The van der Waals surface area contributed by atoms with E-state index < -0.39 is 11.6 Å². The number of benzene rings is 3. The Kier molecular flexibility index (Phi) is 8.29. The van der Waals surface area contributed by atoms with Crippen LogP contribution in [0.5, 0.6) is 0 Å². The number of para-hydroxylation sites is 1. The van der Waals surface area contributed by atoms with Gasteiger partial charge in [0, 0.05) is 23.2 Å². The van der Waals surface area contributed by atoms with Crippen LogP contribution in [0.15, 0.2) is 88.8 Å². The summed E-state index contributed by atoms with van der Waals surface area (Å²) in [5.74, 6) is -0.940. The molecule has 35 heavy (non-hydrogen) atoms. The number of rotatable bonds is 7. The number of aliphatic imine (C=N–C) groups is 2. The van der Waals surface area contributed by atoms with Gasteiger partial charge in [0.1, 0.15) is 17.9 Å². The predicted molar refractivity (Wildman–Crippen MR) is 136 cm³/mol. The molecule has 3 rings (SSSR count). The van der Waals surface area contributed by atoms with E-state index in [9.17, 15) is 14.0 Å². The fourth-order valence-corrected chi connectivity index (χ4v) is 3.55. The van der Waals surface area contributed by atoms with Crippen LogP contribution >= 0.6 is 0 Å². The molecule has 3 aromatic rings. The second-order valence-corrected chi connectivity index (χ2v) is 8.96. The van der Waals surface area contributed by atoms with Crippen molar-refractivity contribution in [1.29, 1.82) is 0 Å². The first kappa shape index (κ1) is 25.5. The first-order valence-electron chi connectivity index (χ1n) is 11.4. The van der Waals surface area contributed by atoms with Gasteiger partial charge in [0.25, 0.3) is 5.91 Å². The molecule has 0 aromatic heterocycles. The third-order valence-corrected chi connectivity index (χ3v) is 5.09. The molecule has 0 fully saturated rings. The van der Waals surface area contributed by atoms with Crippen molar-refractivity contribution in [2.75, 3.05) is 6.54 Å². The lowest BCUT2D eigenvalue weighted by Crippen LogP contribution is -2.49. The molecule has 1 N–H and O–H groups in total. The molecule has 6 nitrogen and oxygen atoms in total. The van der Waals surface area contributed by atoms with E-state index in [-0.39, 0.29) is 17.6 Å². The molecule has 2 amide bonds. The molecule has 1 unspecified atom stereocenters. The Labute approximate surface area is 205 Å². The molecule has 0 heterocycles. The monoisotopic (exact) mass is 472 g/mol. The number of nitrogens with zero attached hydrogens (tertiary/aromatic N) is 3. The van der Waals surface area contributed by atoms with Crippen LogP contribution in [0.25, 0.3) is 0 Å². The second-order valence-electron chi connectivity index (χ2n) is 8.96. The van der Waals surface area contributed by atoms with Crippen LogP contribution in [0.2, 0.25) is 0 Å². The summed E-state index contributed by atoms with van der Waals surface area (Å²) in [6.07, 6.45) is 0. The third-order valence-electron chi connectivity index (χ3n) is 5.09. The van der Waals surface area contributed by atoms with E-state index in [1.54, 1.807) is 48.5 Å². The Bertz CT molecular complexity index is 1230. The van der Waals surface area contributed by atoms with Crippen molar-refractivity contribution in [2.24, 2.45) is 9.98 Å². The molecule has 0 aliphatic carbocycles. The molecule has 0 spiro atoms. The van der Waals surface area contributed by atoms with Crippen LogP contribution in [0.4, 0.5) is 15.8 Å². The van der Waals surface area contributed by atoms with E-state index in [1.807, 2.05) is 33.8 Å². The van der Waals surface area contributed by atoms with Gasteiger partial charge in [-0.05, 0) is 70.2 Å². The molecule has 0 radical (unpaired) electrons. The minimum Gasteiger partial charge on any atom is -0.349 e. The highest BCUT2D eigenvalue weighted by Gasteiger charge is 2.34. The van der Waals surface area contributed by atoms with Crippen molar-refractivity contribution in [1.82, 2.24) is 10.2 Å². The molecule has 1 atom stereocenters. The van der Waals surface area contributed by atoms with Crippen molar-refractivity contribution >= 4 is 29.2 Å². The zero-order chi connectivity index (χ0) is 25.4. The van der Waals surface area contributed by atoms with E-state index in [4.69, 9.17) is 0 Å². The average Bonchev–Trinajstić information content (AvgIpc) is 2.83. The smallest absolute Gasteiger partial charge is 0.254 e. The van der Waals surface area contributed by atoms with E-state index in [0.717, 1.165) is 0 Å². The van der Waals surface area contributed by atoms with Gasteiger partial charge in [-0.25, -0.2) is 4.39 Å². The maximum atomic E-state index is 13.5. The number of carbonyl (C=O) groups is 2. The Morgan fingerprint density at radius 3 is 2.20 bits per heavy atom. The Morgan fingerprint density at radius 2 is 1.57 bits per heavy atom. The Morgan fingerprint density at radius 1 is 0.943 bits per heavy atom. The number of carbonyl (C=O) groups excluding carboxylic acids is 2. The summed E-state index contributed by atoms with van der Waals surface area (Å²) in [5.41, 5.74) is 1.46. The molecule has 0 aliphatic rings. The fraction of sp³-hybridized carbons (Fsp3) is 0.250. The number of hydrogen-bond acceptors (Lipinski definition) is 4. The van der Waals surface area contributed by atoms with Gasteiger partial charge in [-0.1, -0.05) is 36.4 Å². The fourth-order valence-electron chi connectivity index (χ4n) is 3.55. The summed E-state index contributed by atoms with van der Waals surface area (Å²) in [5, 5.41) is 3.00. The lowest BCUT2D eigenvalue weighted by atomic mass is 9.99. The highest BCUT2D eigenvalue weighted by molar-refractivity contribution is 5.98. The quantitative estimate of drug-likeness (QED) is 0.423. The summed E-state index contributed by atoms with van der Waals surface area (Å²) in [6.45, 7) is 7.79. The number of likely N-dealkylation sites (N-methyl/N-ethyl adjacent to an activating group) is 1. The molecule has 0 saturated heterocycles. The summed E-state index contributed by atoms with van der Waals surface area (Å²) >= 11 is 0. The zero-order valence-corrected chi connectivity index (χ0v) is 20.3. The van der Waals surface area contributed by atoms with E-state index in [2.05, 4.69) is 21.3 Å². The lowest BCUT2D eigenvalue weighted by Gasteiger charge is -2.33. The van der Waals surface area contributed by atoms with Gasteiger partial charge in [0.2, 0.25) is 5.91 Å². The van der Waals surface area contributed by atoms with Gasteiger partial charge in [-0.3, -0.25) is 9.59 Å². The predicted octanol–water partition coefficient (Wildman–Crippen LogP) is 6.08. The number of halogens is 1. The molecule has 180 valence electrons. The second kappa shape index (κ2) is 11.4. The van der Waals surface area contributed by atoms with Crippen LogP contribution in [0.1, 0.15) is 49.7 Å². The van der Waals surface area contributed by atoms with Crippen LogP contribution < -0.4 is 5.32 Å². The van der Waals surface area contributed by atoms with Crippen LogP contribution in [0, 0.1) is 5.82 Å². The number of amides is 2. The minimum atomic E-state index is -0.931. The van der Waals surface area contributed by atoms with Gasteiger partial charge >= 0.3 is 0 Å². The topological polar surface area (TPSA) is 74.1 Å². The largest absolute Gasteiger partial charge is 0.349 e. The first-order chi connectivity index (χ1) is 16.7. The highest BCUT2D eigenvalue weighted by Crippen LogP contribution is 2.31. The third kappa shape index (κ3) is 6.95. The normalized spacial score (nSPS) is 11.7. The van der Waals surface area contributed by atoms with Crippen LogP contribution in [0.3, 0.4) is 0 Å². The first-order valence-corrected chi connectivity index (χ1v) is 11.4. The summed E-state index contributed by atoms with van der Waals surface area (Å²) < 4.78 is 13.2. The Hall–Kier alpha value is -4.09. The summed E-state index contributed by atoms with van der Waals surface area (Å²) in [4.78, 5) is 37.0. The Balaban J connectivity index is 2.06. The van der Waals surface area contributed by atoms with Gasteiger partial charge in [-0.2, -0.15) is 9.98 Å². The maximum absolute atomic E-state index is 13.5. The van der Waals surface area contributed by atoms with Crippen molar-refractivity contribution < 1.29 is 14.0 Å². The van der Waals surface area contributed by atoms with Crippen molar-refractivity contribution in [2.45, 2.75) is 39.3 Å². The van der Waals surface area contributed by atoms with E-state index in [1.165, 1.54) is 29.2 Å². The summed E-state index contributed by atoms with van der Waals surface area (Å²) in [7, 11) is 0. The lowest BCUT2D eigenvalue weighted by molar-refractivity contribution is -0.127. The molecule has 0 aliphatic heterocycles. The van der Waals surface area contributed by atoms with Gasteiger partial charge in [0.05, 0.1) is 11.4 Å². The standard InChI is InChI=1S/C28H29FN4O2/c1-5-33(27(35)20-11-7-6-8-12-20)25(26(34)32-28(2,3)4)23-13-9-10-14-24(23)31-19-30-22-17-15-21(29)16-18-22/h6-18,25H,5H2,1-4H3,(H,32,34). The number of nitrogens with one attached hydrogen (secondary N) is 1. The zero-order valence-electron chi connectivity index (χ0n) is 20.3. The van der Waals surface area contributed by atoms with Gasteiger partial charge in [-0.15, -0.1) is 0 Å². The van der Waals surface area contributed by atoms with Gasteiger partial charge < -0.3 is 10.2 Å². The molecule has 3 aromatic carbocycles. The van der Waals surface area contributed by atoms with E-state index >= 15 is 0 Å². The molecular weight excluding hydrogens is 443 g/mol. The SMILES string of the molecule is CCN(C(=O)c1ccccc1)C(C(=O)NC(C)(C)C)c1ccccc1N=C=Nc1ccc(F)cc1. The van der Waals surface area contributed by atoms with Crippen LogP contribution in [-0.2, 0) is 4.79 Å². The highest BCUT2D eigenvalue weighted by atomic mass is 19.1. The molecule has 0 saturated carbocycles.